The van der Waals surface area contributed by atoms with Crippen molar-refractivity contribution >= 4 is 5.71 Å². The summed E-state index contributed by atoms with van der Waals surface area (Å²) in [5, 5.41) is 35.9. The van der Waals surface area contributed by atoms with Gasteiger partial charge in [-0.25, -0.2) is 0 Å². The Bertz CT molecular complexity index is 127. The minimum absolute atomic E-state index is 0.361. The van der Waals surface area contributed by atoms with E-state index in [0.29, 0.717) is 0 Å². The van der Waals surface area contributed by atoms with E-state index in [-0.39, 0.29) is 5.71 Å². The Labute approximate surface area is 58.4 Å². The van der Waals surface area contributed by atoms with Gasteiger partial charge in [0.25, 0.3) is 5.71 Å². The molecule has 0 amide bonds. The summed E-state index contributed by atoms with van der Waals surface area (Å²) in [4.78, 5) is -0.519. The van der Waals surface area contributed by atoms with Crippen molar-refractivity contribution in [3.63, 3.8) is 0 Å². The molecule has 0 fully saturated rings. The number of hydrogen-bond acceptors (Lipinski definition) is 4. The zero-order valence-corrected chi connectivity index (χ0v) is 5.85. The molecule has 0 aliphatic heterocycles. The molecule has 10 heavy (non-hydrogen) atoms. The van der Waals surface area contributed by atoms with Gasteiger partial charge in [0.05, 0.1) is 0 Å². The Hall–Kier alpha value is -0.810. The minimum atomic E-state index is -1.14. The first-order chi connectivity index (χ1) is 4.46. The standard InChI is InChI=1S/C5H11NO4/c1-3(7)5(4(2)8)6(9)10/h3-4,7-8H,1-2H3,(H,9,10). The van der Waals surface area contributed by atoms with Crippen molar-refractivity contribution in [2.24, 2.45) is 0 Å². The molecule has 0 aliphatic carbocycles. The number of nitrogens with zero attached hydrogens (tertiary/aromatic N) is 1. The largest absolute Gasteiger partial charge is 0.417 e. The molecule has 0 aromatic carbocycles. The summed E-state index contributed by atoms with van der Waals surface area (Å²) < 4.78 is 0. The average Bonchev–Trinajstić information content (AvgIpc) is 1.59. The van der Waals surface area contributed by atoms with E-state index in [9.17, 15) is 5.21 Å². The van der Waals surface area contributed by atoms with Crippen LogP contribution in [-0.4, -0.2) is 38.2 Å². The van der Waals surface area contributed by atoms with Gasteiger partial charge >= 0.3 is 0 Å². The van der Waals surface area contributed by atoms with Gasteiger partial charge < -0.3 is 15.4 Å². The summed E-state index contributed by atoms with van der Waals surface area (Å²) in [5.74, 6) is 0. The monoisotopic (exact) mass is 149 g/mol. The summed E-state index contributed by atoms with van der Waals surface area (Å²) in [6.07, 6.45) is -2.27. The molecule has 0 saturated carbocycles. The van der Waals surface area contributed by atoms with Gasteiger partial charge in [-0.1, -0.05) is 0 Å². The first kappa shape index (κ1) is 9.19. The molecule has 5 heteroatoms. The Morgan fingerprint density at radius 2 is 1.60 bits per heavy atom. The topological polar surface area (TPSA) is 86.8 Å². The van der Waals surface area contributed by atoms with Gasteiger partial charge in [0.15, 0.2) is 0 Å². The quantitative estimate of drug-likeness (QED) is 0.205. The molecule has 2 unspecified atom stereocenters. The maximum atomic E-state index is 10.1. The molecule has 0 bridgehead atoms. The van der Waals surface area contributed by atoms with Crippen molar-refractivity contribution in [2.75, 3.05) is 0 Å². The second-order valence-corrected chi connectivity index (χ2v) is 2.05. The first-order valence-electron chi connectivity index (χ1n) is 2.85. The van der Waals surface area contributed by atoms with E-state index in [2.05, 4.69) is 0 Å². The highest BCUT2D eigenvalue weighted by molar-refractivity contribution is 5.87. The minimum Gasteiger partial charge on any atom is -0.417 e. The highest BCUT2D eigenvalue weighted by Gasteiger charge is 2.23. The molecule has 5 nitrogen and oxygen atoms in total. The molecule has 0 radical (unpaired) electrons. The number of aliphatic hydroxyl groups is 2. The van der Waals surface area contributed by atoms with Crippen LogP contribution in [0.3, 0.4) is 0 Å². The van der Waals surface area contributed by atoms with E-state index in [0.717, 1.165) is 0 Å². The number of aliphatic hydroxyl groups excluding tert-OH is 2. The van der Waals surface area contributed by atoms with Gasteiger partial charge in [-0.3, -0.25) is 5.21 Å². The van der Waals surface area contributed by atoms with E-state index in [1.807, 2.05) is 0 Å². The third-order valence-electron chi connectivity index (χ3n) is 1.08. The maximum absolute atomic E-state index is 10.1. The Morgan fingerprint density at radius 1 is 1.30 bits per heavy atom. The van der Waals surface area contributed by atoms with Crippen LogP contribution in [0.25, 0.3) is 0 Å². The lowest BCUT2D eigenvalue weighted by Crippen LogP contribution is -2.34. The van der Waals surface area contributed by atoms with Gasteiger partial charge in [0, 0.05) is 4.90 Å². The fourth-order valence-electron chi connectivity index (χ4n) is 0.669. The predicted octanol–water partition coefficient (Wildman–Crippen LogP) is -0.912. The van der Waals surface area contributed by atoms with E-state index < -0.39 is 17.1 Å². The highest BCUT2D eigenvalue weighted by atomic mass is 16.8. The van der Waals surface area contributed by atoms with Crippen molar-refractivity contribution in [3.05, 3.63) is 5.21 Å². The average molecular weight is 149 g/mol. The number of hydrogen-bond donors (Lipinski definition) is 3. The van der Waals surface area contributed by atoms with Gasteiger partial charge in [-0.15, -0.1) is 0 Å². The highest BCUT2D eigenvalue weighted by Crippen LogP contribution is 1.92. The lowest BCUT2D eigenvalue weighted by atomic mass is 10.1. The molecule has 0 aromatic rings. The molecule has 2 atom stereocenters. The maximum Gasteiger partial charge on any atom is 0.277 e. The van der Waals surface area contributed by atoms with E-state index in [1.165, 1.54) is 13.8 Å². The van der Waals surface area contributed by atoms with Gasteiger partial charge in [-0.2, -0.15) is 0 Å². The van der Waals surface area contributed by atoms with Crippen molar-refractivity contribution in [1.29, 1.82) is 0 Å². The predicted molar refractivity (Wildman–Crippen MR) is 33.8 cm³/mol. The normalized spacial score (nSPS) is 16.0. The summed E-state index contributed by atoms with van der Waals surface area (Å²) in [6.45, 7) is 2.56. The van der Waals surface area contributed by atoms with E-state index in [1.54, 1.807) is 0 Å². The molecule has 0 spiro atoms. The summed E-state index contributed by atoms with van der Waals surface area (Å²) in [5.41, 5.74) is -0.361. The molecule has 0 heterocycles. The molecular formula is C5H11NO4. The van der Waals surface area contributed by atoms with Crippen LogP contribution in [0, 0.1) is 5.21 Å². The SMILES string of the molecule is CC(O)C(C(C)O)=[N+]([O-])O. The zero-order valence-electron chi connectivity index (χ0n) is 5.85. The van der Waals surface area contributed by atoms with Crippen LogP contribution < -0.4 is 0 Å². The first-order valence-corrected chi connectivity index (χ1v) is 2.85. The zero-order chi connectivity index (χ0) is 8.31. The fourth-order valence-corrected chi connectivity index (χ4v) is 0.669. The Balaban J connectivity index is 4.44. The van der Waals surface area contributed by atoms with Crippen molar-refractivity contribution in [1.82, 2.24) is 0 Å². The smallest absolute Gasteiger partial charge is 0.277 e. The molecule has 0 saturated heterocycles. The molecular weight excluding hydrogens is 138 g/mol. The van der Waals surface area contributed by atoms with E-state index >= 15 is 0 Å². The van der Waals surface area contributed by atoms with Crippen molar-refractivity contribution in [3.8, 4) is 0 Å². The number of rotatable bonds is 2. The van der Waals surface area contributed by atoms with Gasteiger partial charge in [0.1, 0.15) is 12.2 Å². The van der Waals surface area contributed by atoms with Crippen LogP contribution in [0.5, 0.6) is 0 Å². The molecule has 60 valence electrons. The Morgan fingerprint density at radius 3 is 1.60 bits per heavy atom. The van der Waals surface area contributed by atoms with Gasteiger partial charge in [-0.05, 0) is 13.8 Å². The van der Waals surface area contributed by atoms with Crippen molar-refractivity contribution < 1.29 is 20.3 Å². The summed E-state index contributed by atoms with van der Waals surface area (Å²) >= 11 is 0. The van der Waals surface area contributed by atoms with Crippen LogP contribution >= 0.6 is 0 Å². The lowest BCUT2D eigenvalue weighted by molar-refractivity contribution is -0.729. The molecule has 0 aliphatic rings. The summed E-state index contributed by atoms with van der Waals surface area (Å²) in [7, 11) is 0. The molecule has 3 N–H and O–H groups in total. The molecule has 0 rings (SSSR count). The summed E-state index contributed by atoms with van der Waals surface area (Å²) in [6, 6.07) is 0. The lowest BCUT2D eigenvalue weighted by Gasteiger charge is -2.06. The van der Waals surface area contributed by atoms with Crippen LogP contribution in [-0.2, 0) is 0 Å². The van der Waals surface area contributed by atoms with Crippen LogP contribution in [0.4, 0.5) is 0 Å². The van der Waals surface area contributed by atoms with Gasteiger partial charge in [0.2, 0.25) is 0 Å². The van der Waals surface area contributed by atoms with E-state index in [4.69, 9.17) is 15.4 Å². The van der Waals surface area contributed by atoms with Crippen LogP contribution in [0.15, 0.2) is 0 Å². The van der Waals surface area contributed by atoms with Crippen molar-refractivity contribution in [2.45, 2.75) is 26.1 Å². The van der Waals surface area contributed by atoms with Crippen LogP contribution in [0.1, 0.15) is 13.8 Å². The second-order valence-electron chi connectivity index (χ2n) is 2.05. The second kappa shape index (κ2) is 3.38. The Kier molecular flexibility index (Phi) is 3.11. The van der Waals surface area contributed by atoms with Crippen LogP contribution in [0.2, 0.25) is 0 Å². The fraction of sp³-hybridized carbons (Fsp3) is 0.800. The molecule has 0 aromatic heterocycles. The third-order valence-corrected chi connectivity index (χ3v) is 1.08. The third kappa shape index (κ3) is 2.20.